The third kappa shape index (κ3) is 3.97. The van der Waals surface area contributed by atoms with E-state index in [1.807, 2.05) is 18.2 Å². The highest BCUT2D eigenvalue weighted by atomic mass is 16.5. The van der Waals surface area contributed by atoms with Gasteiger partial charge in [-0.1, -0.05) is 18.6 Å². The van der Waals surface area contributed by atoms with Gasteiger partial charge in [0.05, 0.1) is 17.9 Å². The Bertz CT molecular complexity index is 714. The van der Waals surface area contributed by atoms with Crippen molar-refractivity contribution in [3.8, 4) is 5.75 Å². The number of ether oxygens (including phenoxy) is 1. The predicted octanol–water partition coefficient (Wildman–Crippen LogP) is 3.66. The number of benzene rings is 1. The van der Waals surface area contributed by atoms with Crippen molar-refractivity contribution >= 4 is 11.9 Å². The number of nitrogens with one attached hydrogen (secondary N) is 1. The molecule has 0 spiro atoms. The Hall–Kier alpha value is -2.04. The molecule has 0 aromatic heterocycles. The van der Waals surface area contributed by atoms with Crippen molar-refractivity contribution < 1.29 is 19.4 Å². The molecule has 0 saturated heterocycles. The lowest BCUT2D eigenvalue weighted by atomic mass is 9.68. The second kappa shape index (κ2) is 7.53. The molecule has 148 valence electrons. The van der Waals surface area contributed by atoms with E-state index in [1.165, 1.54) is 6.42 Å². The Morgan fingerprint density at radius 1 is 1.33 bits per heavy atom. The summed E-state index contributed by atoms with van der Waals surface area (Å²) in [6.07, 6.45) is 5.56. The zero-order valence-electron chi connectivity index (χ0n) is 16.6. The molecule has 3 atom stereocenters. The number of carboxylic acids is 1. The Morgan fingerprint density at radius 2 is 2.11 bits per heavy atom. The van der Waals surface area contributed by atoms with Crippen molar-refractivity contribution in [3.63, 3.8) is 0 Å². The van der Waals surface area contributed by atoms with Crippen LogP contribution in [0.4, 0.5) is 0 Å². The fourth-order valence-corrected chi connectivity index (χ4v) is 4.94. The van der Waals surface area contributed by atoms with E-state index in [4.69, 9.17) is 4.74 Å². The Balaban J connectivity index is 1.73. The molecule has 1 amide bonds. The summed E-state index contributed by atoms with van der Waals surface area (Å²) in [6.45, 7) is 3.80. The number of amides is 1. The van der Waals surface area contributed by atoms with Gasteiger partial charge in [-0.15, -0.1) is 0 Å². The summed E-state index contributed by atoms with van der Waals surface area (Å²) in [4.78, 5) is 24.6. The molecule has 2 bridgehead atoms. The number of fused-ring (bicyclic) bond motifs is 2. The Labute approximate surface area is 161 Å². The van der Waals surface area contributed by atoms with Gasteiger partial charge in [0.25, 0.3) is 0 Å². The van der Waals surface area contributed by atoms with Crippen LogP contribution in [0.1, 0.15) is 51.5 Å². The van der Waals surface area contributed by atoms with E-state index in [1.54, 1.807) is 21.0 Å². The first-order valence-corrected chi connectivity index (χ1v) is 9.91. The van der Waals surface area contributed by atoms with E-state index in [9.17, 15) is 14.7 Å². The maximum Gasteiger partial charge on any atom is 0.309 e. The van der Waals surface area contributed by atoms with Crippen LogP contribution in [0.2, 0.25) is 0 Å². The summed E-state index contributed by atoms with van der Waals surface area (Å²) >= 11 is 0. The second-order valence-electron chi connectivity index (χ2n) is 8.96. The molecule has 27 heavy (non-hydrogen) atoms. The van der Waals surface area contributed by atoms with E-state index in [0.29, 0.717) is 24.8 Å². The third-order valence-electron chi connectivity index (χ3n) is 6.70. The largest absolute Gasteiger partial charge is 0.497 e. The van der Waals surface area contributed by atoms with Crippen molar-refractivity contribution in [2.75, 3.05) is 13.7 Å². The first-order chi connectivity index (χ1) is 12.8. The third-order valence-corrected chi connectivity index (χ3v) is 6.70. The van der Waals surface area contributed by atoms with Crippen molar-refractivity contribution in [2.45, 2.75) is 52.4 Å². The molecule has 1 aromatic carbocycles. The van der Waals surface area contributed by atoms with Gasteiger partial charge in [-0.05, 0) is 75.5 Å². The standard InChI is InChI=1S/C22H31NO4/c1-21(2,20(25)26)9-10-23-19(24)22(14-16-7-8-17(22)11-16)13-15-5-4-6-18(12-15)27-3/h4-6,12,16-17H,7-11,13-14H2,1-3H3,(H,23,24)(H,25,26). The predicted molar refractivity (Wildman–Crippen MR) is 104 cm³/mol. The van der Waals surface area contributed by atoms with Gasteiger partial charge in [0.1, 0.15) is 5.75 Å². The SMILES string of the molecule is COc1cccc(CC2(C(=O)NCCC(C)(C)C(=O)O)CC3CCC2C3)c1. The summed E-state index contributed by atoms with van der Waals surface area (Å²) in [6, 6.07) is 7.99. The van der Waals surface area contributed by atoms with Crippen molar-refractivity contribution in [3.05, 3.63) is 29.8 Å². The molecule has 3 rings (SSSR count). The lowest BCUT2D eigenvalue weighted by molar-refractivity contribution is -0.147. The average molecular weight is 373 g/mol. The van der Waals surface area contributed by atoms with Gasteiger partial charge < -0.3 is 15.2 Å². The lowest BCUT2D eigenvalue weighted by Crippen LogP contribution is -2.47. The van der Waals surface area contributed by atoms with Gasteiger partial charge >= 0.3 is 5.97 Å². The summed E-state index contributed by atoms with van der Waals surface area (Å²) in [5, 5.41) is 12.4. The first kappa shape index (κ1) is 19.7. The van der Waals surface area contributed by atoms with Crippen molar-refractivity contribution in [1.82, 2.24) is 5.32 Å². The normalized spacial score (nSPS) is 26.8. The molecule has 1 aromatic rings. The molecule has 2 aliphatic rings. The highest BCUT2D eigenvalue weighted by molar-refractivity contribution is 5.84. The van der Waals surface area contributed by atoms with E-state index < -0.39 is 11.4 Å². The monoisotopic (exact) mass is 373 g/mol. The highest BCUT2D eigenvalue weighted by Crippen LogP contribution is 2.57. The molecular weight excluding hydrogens is 342 g/mol. The van der Waals surface area contributed by atoms with Crippen LogP contribution in [0.25, 0.3) is 0 Å². The molecule has 0 radical (unpaired) electrons. The molecule has 0 heterocycles. The fraction of sp³-hybridized carbons (Fsp3) is 0.636. The topological polar surface area (TPSA) is 75.6 Å². The number of hydrogen-bond donors (Lipinski definition) is 2. The lowest BCUT2D eigenvalue weighted by Gasteiger charge is -2.37. The number of rotatable bonds is 8. The van der Waals surface area contributed by atoms with Crippen LogP contribution in [-0.2, 0) is 16.0 Å². The number of carbonyl (C=O) groups is 2. The van der Waals surface area contributed by atoms with E-state index in [0.717, 1.165) is 37.0 Å². The number of hydrogen-bond acceptors (Lipinski definition) is 3. The van der Waals surface area contributed by atoms with Crippen LogP contribution in [0.5, 0.6) is 5.75 Å². The maximum atomic E-state index is 13.3. The number of aliphatic carboxylic acids is 1. The van der Waals surface area contributed by atoms with Crippen LogP contribution >= 0.6 is 0 Å². The molecular formula is C22H31NO4. The summed E-state index contributed by atoms with van der Waals surface area (Å²) in [5.74, 6) is 1.14. The van der Waals surface area contributed by atoms with Crippen LogP contribution in [0, 0.1) is 22.7 Å². The summed E-state index contributed by atoms with van der Waals surface area (Å²) < 4.78 is 5.34. The summed E-state index contributed by atoms with van der Waals surface area (Å²) in [7, 11) is 1.66. The average Bonchev–Trinajstić information content (AvgIpc) is 3.23. The number of carboxylic acid groups (broad SMARTS) is 1. The molecule has 5 nitrogen and oxygen atoms in total. The molecule has 2 aliphatic carbocycles. The van der Waals surface area contributed by atoms with Gasteiger partial charge in [0, 0.05) is 6.54 Å². The molecule has 2 N–H and O–H groups in total. The van der Waals surface area contributed by atoms with Gasteiger partial charge in [-0.25, -0.2) is 0 Å². The fourth-order valence-electron chi connectivity index (χ4n) is 4.94. The van der Waals surface area contributed by atoms with E-state index in [2.05, 4.69) is 11.4 Å². The zero-order valence-corrected chi connectivity index (χ0v) is 16.6. The Morgan fingerprint density at radius 3 is 2.70 bits per heavy atom. The quantitative estimate of drug-likeness (QED) is 0.729. The number of carbonyl (C=O) groups excluding carboxylic acids is 1. The van der Waals surface area contributed by atoms with E-state index in [-0.39, 0.29) is 11.3 Å². The van der Waals surface area contributed by atoms with Crippen molar-refractivity contribution in [1.29, 1.82) is 0 Å². The van der Waals surface area contributed by atoms with E-state index >= 15 is 0 Å². The zero-order chi connectivity index (χ0) is 19.7. The van der Waals surface area contributed by atoms with Crippen LogP contribution in [0.15, 0.2) is 24.3 Å². The maximum absolute atomic E-state index is 13.3. The van der Waals surface area contributed by atoms with Crippen LogP contribution in [-0.4, -0.2) is 30.6 Å². The van der Waals surface area contributed by atoms with Gasteiger partial charge in [0.2, 0.25) is 5.91 Å². The first-order valence-electron chi connectivity index (χ1n) is 9.91. The van der Waals surface area contributed by atoms with Gasteiger partial charge in [0.15, 0.2) is 0 Å². The smallest absolute Gasteiger partial charge is 0.309 e. The second-order valence-corrected chi connectivity index (χ2v) is 8.96. The minimum atomic E-state index is -0.831. The molecule has 5 heteroatoms. The highest BCUT2D eigenvalue weighted by Gasteiger charge is 2.55. The Kier molecular flexibility index (Phi) is 5.50. The number of methoxy groups -OCH3 is 1. The van der Waals surface area contributed by atoms with Gasteiger partial charge in [-0.2, -0.15) is 0 Å². The van der Waals surface area contributed by atoms with Crippen molar-refractivity contribution in [2.24, 2.45) is 22.7 Å². The minimum absolute atomic E-state index is 0.0960. The molecule has 3 unspecified atom stereocenters. The molecule has 2 saturated carbocycles. The van der Waals surface area contributed by atoms with Gasteiger partial charge in [-0.3, -0.25) is 9.59 Å². The summed E-state index contributed by atoms with van der Waals surface area (Å²) in [5.41, 5.74) is -0.0761. The minimum Gasteiger partial charge on any atom is -0.497 e. The molecule has 2 fully saturated rings. The van der Waals surface area contributed by atoms with Crippen LogP contribution in [0.3, 0.4) is 0 Å². The molecule has 0 aliphatic heterocycles. The van der Waals surface area contributed by atoms with Crippen LogP contribution < -0.4 is 10.1 Å².